The maximum Gasteiger partial charge on any atom is 0.407 e. The Hall–Kier alpha value is -5.34. The molecule has 0 atom stereocenters. The Balaban J connectivity index is 1.22. The normalized spacial score (nSPS) is 10.4. The molecule has 0 fully saturated rings. The molecule has 2 aromatic carbocycles. The van der Waals surface area contributed by atoms with E-state index in [-0.39, 0.29) is 23.8 Å². The van der Waals surface area contributed by atoms with Crippen molar-refractivity contribution in [3.05, 3.63) is 80.8 Å². The van der Waals surface area contributed by atoms with Gasteiger partial charge in [-0.2, -0.15) is 0 Å². The van der Waals surface area contributed by atoms with Crippen LogP contribution in [0.1, 0.15) is 38.3 Å². The van der Waals surface area contributed by atoms with Crippen molar-refractivity contribution in [1.29, 1.82) is 0 Å². The van der Waals surface area contributed by atoms with Gasteiger partial charge in [-0.05, 0) is 63.1 Å². The maximum atomic E-state index is 12.1. The van der Waals surface area contributed by atoms with Crippen LogP contribution in [0.4, 0.5) is 38.3 Å². The molecule has 3 rings (SSSR count). The van der Waals surface area contributed by atoms with Gasteiger partial charge in [0.15, 0.2) is 0 Å². The highest BCUT2D eigenvalue weighted by Gasteiger charge is 2.08. The Labute approximate surface area is 254 Å². The molecule has 0 unspecified atom stereocenters. The minimum Gasteiger partial charge on any atom is -0.448 e. The summed E-state index contributed by atoms with van der Waals surface area (Å²) in [4.78, 5) is 54.3. The number of amides is 3. The number of alkyl carbamates (subject to hydrolysis) is 1. The van der Waals surface area contributed by atoms with E-state index in [1.807, 2.05) is 31.2 Å². The van der Waals surface area contributed by atoms with Gasteiger partial charge in [0.1, 0.15) is 6.61 Å². The number of unbranched alkanes of at least 4 members (excludes halogenated alkanes) is 3. The number of hydrazine groups is 1. The van der Waals surface area contributed by atoms with E-state index in [2.05, 4.69) is 41.7 Å². The first-order valence-electron chi connectivity index (χ1n) is 14.4. The largest absolute Gasteiger partial charge is 0.448 e. The van der Waals surface area contributed by atoms with Gasteiger partial charge >= 0.3 is 12.1 Å². The Morgan fingerprint density at radius 3 is 2.16 bits per heavy atom. The van der Waals surface area contributed by atoms with E-state index >= 15 is 0 Å². The number of likely N-dealkylation sites (N-methyl/N-ethyl adjacent to an activating group) is 1. The molecule has 0 bridgehead atoms. The highest BCUT2D eigenvalue weighted by molar-refractivity contribution is 5.87. The molecule has 3 amide bonds. The van der Waals surface area contributed by atoms with Crippen molar-refractivity contribution in [2.45, 2.75) is 39.5 Å². The molecule has 0 saturated carbocycles. The minimum atomic E-state index is -0.459. The van der Waals surface area contributed by atoms with Gasteiger partial charge < -0.3 is 31.1 Å². The summed E-state index contributed by atoms with van der Waals surface area (Å²) in [5, 5.41) is 18.8. The molecule has 15 nitrogen and oxygen atoms in total. The summed E-state index contributed by atoms with van der Waals surface area (Å²) < 4.78 is 5.33. The second-order valence-electron chi connectivity index (χ2n) is 9.77. The van der Waals surface area contributed by atoms with Crippen LogP contribution >= 0.6 is 0 Å². The fraction of sp³-hybridized carbons (Fsp3) is 0.379. The molecule has 0 spiro atoms. The number of anilines is 4. The maximum absolute atomic E-state index is 12.1. The number of non-ortho nitro benzene ring substituents is 1. The van der Waals surface area contributed by atoms with Crippen LogP contribution in [0.5, 0.6) is 0 Å². The van der Waals surface area contributed by atoms with E-state index in [1.54, 1.807) is 19.1 Å². The van der Waals surface area contributed by atoms with Crippen LogP contribution in [0.15, 0.2) is 59.4 Å². The van der Waals surface area contributed by atoms with E-state index in [0.29, 0.717) is 31.0 Å². The molecule has 0 saturated heterocycles. The van der Waals surface area contributed by atoms with Gasteiger partial charge in [0, 0.05) is 49.2 Å². The Bertz CT molecular complexity index is 1410. The number of carbonyl (C=O) groups is 2. The number of nitro groups is 1. The van der Waals surface area contributed by atoms with Gasteiger partial charge in [-0.15, -0.1) is 0 Å². The molecule has 0 aliphatic heterocycles. The number of H-pyrrole nitrogens is 1. The molecule has 1 aromatic heterocycles. The van der Waals surface area contributed by atoms with Crippen molar-refractivity contribution in [2.75, 3.05) is 53.9 Å². The summed E-state index contributed by atoms with van der Waals surface area (Å²) in [6, 6.07) is 14.7. The standard InChI is InChI=1S/C29H39N9O6/c1-3-37(24-12-8-22(9-13-24)35-36-23-10-14-25(15-11-23)38(42)43)18-19-44-29(41)31-17-7-5-4-6-16-30-28(40)34-27-32-21(2)20-26(39)33-27/h8-15,20,35-36H,3-7,16-19H2,1-2H3,(H,31,41)(H3,30,32,33,34,39,40). The molecule has 6 N–H and O–H groups in total. The predicted molar refractivity (Wildman–Crippen MR) is 169 cm³/mol. The number of ether oxygens (including phenoxy) is 1. The fourth-order valence-corrected chi connectivity index (χ4v) is 4.12. The third-order valence-corrected chi connectivity index (χ3v) is 6.40. The number of aromatic amines is 1. The van der Waals surface area contributed by atoms with Crippen LogP contribution in [0.2, 0.25) is 0 Å². The van der Waals surface area contributed by atoms with Crippen molar-refractivity contribution in [3.63, 3.8) is 0 Å². The molecule has 0 aliphatic rings. The van der Waals surface area contributed by atoms with E-state index in [9.17, 15) is 24.5 Å². The van der Waals surface area contributed by atoms with Crippen molar-refractivity contribution in [3.8, 4) is 0 Å². The topological polar surface area (TPSA) is 196 Å². The van der Waals surface area contributed by atoms with Gasteiger partial charge in [0.2, 0.25) is 5.95 Å². The van der Waals surface area contributed by atoms with Gasteiger partial charge in [-0.25, -0.2) is 14.6 Å². The van der Waals surface area contributed by atoms with Gasteiger partial charge in [0.25, 0.3) is 11.2 Å². The van der Waals surface area contributed by atoms with Crippen molar-refractivity contribution >= 4 is 40.8 Å². The molecule has 0 radical (unpaired) electrons. The van der Waals surface area contributed by atoms with Crippen LogP contribution in [0.3, 0.4) is 0 Å². The summed E-state index contributed by atoms with van der Waals surface area (Å²) in [5.74, 6) is 0.104. The number of aryl methyl sites for hydroxylation is 1. The number of aromatic nitrogens is 2. The Kier molecular flexibility index (Phi) is 13.2. The van der Waals surface area contributed by atoms with Crippen molar-refractivity contribution in [1.82, 2.24) is 20.6 Å². The van der Waals surface area contributed by atoms with E-state index in [1.165, 1.54) is 18.2 Å². The lowest BCUT2D eigenvalue weighted by atomic mass is 10.2. The second kappa shape index (κ2) is 17.6. The van der Waals surface area contributed by atoms with Crippen LogP contribution in [0.25, 0.3) is 0 Å². The van der Waals surface area contributed by atoms with Crippen molar-refractivity contribution < 1.29 is 19.2 Å². The Morgan fingerprint density at radius 1 is 0.955 bits per heavy atom. The van der Waals surface area contributed by atoms with Gasteiger partial charge in [-0.3, -0.25) is 25.2 Å². The zero-order valence-electron chi connectivity index (χ0n) is 24.9. The highest BCUT2D eigenvalue weighted by atomic mass is 16.6. The summed E-state index contributed by atoms with van der Waals surface area (Å²) in [6.45, 7) is 6.17. The van der Waals surface area contributed by atoms with Gasteiger partial charge in [0.05, 0.1) is 22.8 Å². The SMILES string of the molecule is CCN(CCOC(=O)NCCCCCCNC(=O)Nc1nc(C)cc(=O)[nH]1)c1ccc(NNc2ccc([N+](=O)[O-])cc2)cc1. The zero-order chi connectivity index (χ0) is 31.7. The first-order chi connectivity index (χ1) is 21.2. The summed E-state index contributed by atoms with van der Waals surface area (Å²) in [6.07, 6.45) is 2.86. The highest BCUT2D eigenvalue weighted by Crippen LogP contribution is 2.19. The van der Waals surface area contributed by atoms with Crippen LogP contribution < -0.4 is 37.3 Å². The number of nitro benzene ring substituents is 1. The van der Waals surface area contributed by atoms with E-state index in [0.717, 1.165) is 43.6 Å². The lowest BCUT2D eigenvalue weighted by Gasteiger charge is -2.23. The summed E-state index contributed by atoms with van der Waals surface area (Å²) in [5.41, 5.74) is 8.76. The van der Waals surface area contributed by atoms with Crippen LogP contribution in [0, 0.1) is 17.0 Å². The Morgan fingerprint density at radius 2 is 1.57 bits per heavy atom. The molecular weight excluding hydrogens is 570 g/mol. The third kappa shape index (κ3) is 11.9. The average Bonchev–Trinajstić information content (AvgIpc) is 2.99. The third-order valence-electron chi connectivity index (χ3n) is 6.40. The molecule has 3 aromatic rings. The quantitative estimate of drug-likeness (QED) is 0.0727. The number of nitrogens with zero attached hydrogens (tertiary/aromatic N) is 3. The molecule has 15 heteroatoms. The number of hydrogen-bond acceptors (Lipinski definition) is 10. The average molecular weight is 610 g/mol. The van der Waals surface area contributed by atoms with Crippen LogP contribution in [-0.2, 0) is 4.74 Å². The number of rotatable bonds is 17. The second-order valence-corrected chi connectivity index (χ2v) is 9.77. The van der Waals surface area contributed by atoms with E-state index < -0.39 is 17.0 Å². The number of hydrogen-bond donors (Lipinski definition) is 6. The molecule has 0 aliphatic carbocycles. The molecule has 44 heavy (non-hydrogen) atoms. The smallest absolute Gasteiger partial charge is 0.407 e. The first-order valence-corrected chi connectivity index (χ1v) is 14.4. The minimum absolute atomic E-state index is 0.0286. The number of urea groups is 1. The van der Waals surface area contributed by atoms with Crippen LogP contribution in [-0.4, -0.2) is 59.8 Å². The first kappa shape index (κ1) is 33.2. The number of benzene rings is 2. The summed E-state index contributed by atoms with van der Waals surface area (Å²) in [7, 11) is 0. The summed E-state index contributed by atoms with van der Waals surface area (Å²) >= 11 is 0. The number of nitrogens with one attached hydrogen (secondary N) is 6. The fourth-order valence-electron chi connectivity index (χ4n) is 4.12. The predicted octanol–water partition coefficient (Wildman–Crippen LogP) is 4.36. The monoisotopic (exact) mass is 609 g/mol. The lowest BCUT2D eigenvalue weighted by Crippen LogP contribution is -2.31. The molecule has 236 valence electrons. The van der Waals surface area contributed by atoms with Gasteiger partial charge in [-0.1, -0.05) is 12.8 Å². The molecular formula is C29H39N9O6. The van der Waals surface area contributed by atoms with E-state index in [4.69, 9.17) is 4.74 Å². The number of carbonyl (C=O) groups excluding carboxylic acids is 2. The zero-order valence-corrected chi connectivity index (χ0v) is 24.9. The lowest BCUT2D eigenvalue weighted by molar-refractivity contribution is -0.384. The van der Waals surface area contributed by atoms with Crippen molar-refractivity contribution in [2.24, 2.45) is 0 Å². The molecule has 1 heterocycles.